The SMILES string of the molecule is CC(N)C(=O)NC1CCCCC1C(C)(C)C.Cl. The van der Waals surface area contributed by atoms with Crippen LogP contribution in [0, 0.1) is 11.3 Å². The molecule has 0 heterocycles. The van der Waals surface area contributed by atoms with Gasteiger partial charge in [0.2, 0.25) is 5.91 Å². The van der Waals surface area contributed by atoms with Crippen LogP contribution in [-0.2, 0) is 4.79 Å². The van der Waals surface area contributed by atoms with Crippen molar-refractivity contribution in [3.05, 3.63) is 0 Å². The number of rotatable bonds is 2. The minimum atomic E-state index is -0.400. The first-order chi connectivity index (χ1) is 7.32. The van der Waals surface area contributed by atoms with E-state index in [-0.39, 0.29) is 23.7 Å². The molecule has 0 aromatic rings. The predicted octanol–water partition coefficient (Wildman–Crippen LogP) is 2.48. The van der Waals surface area contributed by atoms with Gasteiger partial charge < -0.3 is 11.1 Å². The highest BCUT2D eigenvalue weighted by Crippen LogP contribution is 2.37. The summed E-state index contributed by atoms with van der Waals surface area (Å²) in [4.78, 5) is 11.6. The Hall–Kier alpha value is -0.280. The fourth-order valence-electron chi connectivity index (χ4n) is 2.65. The highest BCUT2D eigenvalue weighted by molar-refractivity contribution is 5.85. The molecule has 3 N–H and O–H groups in total. The van der Waals surface area contributed by atoms with Gasteiger partial charge in [-0.2, -0.15) is 0 Å². The van der Waals surface area contributed by atoms with Crippen LogP contribution >= 0.6 is 12.4 Å². The van der Waals surface area contributed by atoms with E-state index in [1.807, 2.05) is 0 Å². The van der Waals surface area contributed by atoms with Gasteiger partial charge in [0.15, 0.2) is 0 Å². The summed E-state index contributed by atoms with van der Waals surface area (Å²) in [6.45, 7) is 8.51. The zero-order valence-electron chi connectivity index (χ0n) is 11.5. The van der Waals surface area contributed by atoms with Gasteiger partial charge in [-0.05, 0) is 31.1 Å². The van der Waals surface area contributed by atoms with Crippen molar-refractivity contribution in [2.45, 2.75) is 65.5 Å². The zero-order valence-corrected chi connectivity index (χ0v) is 12.3. The predicted molar refractivity (Wildman–Crippen MR) is 74.2 cm³/mol. The summed E-state index contributed by atoms with van der Waals surface area (Å²) in [5.74, 6) is 0.560. The Morgan fingerprint density at radius 3 is 2.29 bits per heavy atom. The molecule has 0 bridgehead atoms. The standard InChI is InChI=1S/C13H26N2O.ClH/c1-9(14)12(16)15-11-8-6-5-7-10(11)13(2,3)4;/h9-11H,5-8,14H2,1-4H3,(H,15,16);1H. The Morgan fingerprint density at radius 2 is 1.82 bits per heavy atom. The van der Waals surface area contributed by atoms with Crippen molar-refractivity contribution in [1.82, 2.24) is 5.32 Å². The second kappa shape index (κ2) is 6.60. The van der Waals surface area contributed by atoms with Gasteiger partial charge in [-0.1, -0.05) is 33.6 Å². The lowest BCUT2D eigenvalue weighted by atomic mass is 9.69. The molecule has 3 nitrogen and oxygen atoms in total. The van der Waals surface area contributed by atoms with Gasteiger partial charge >= 0.3 is 0 Å². The van der Waals surface area contributed by atoms with Crippen molar-refractivity contribution >= 4 is 18.3 Å². The molecule has 1 aliphatic carbocycles. The van der Waals surface area contributed by atoms with E-state index in [9.17, 15) is 4.79 Å². The fraction of sp³-hybridized carbons (Fsp3) is 0.923. The van der Waals surface area contributed by atoms with E-state index in [2.05, 4.69) is 26.1 Å². The molecular weight excluding hydrogens is 236 g/mol. The Morgan fingerprint density at radius 1 is 1.29 bits per heavy atom. The number of carbonyl (C=O) groups excluding carboxylic acids is 1. The summed E-state index contributed by atoms with van der Waals surface area (Å²) in [6.07, 6.45) is 4.82. The molecule has 0 aromatic carbocycles. The number of halogens is 1. The number of hydrogen-bond donors (Lipinski definition) is 2. The van der Waals surface area contributed by atoms with Crippen LogP contribution in [0.2, 0.25) is 0 Å². The zero-order chi connectivity index (χ0) is 12.3. The Bertz CT molecular complexity index is 248. The summed E-state index contributed by atoms with van der Waals surface area (Å²) >= 11 is 0. The molecule has 0 spiro atoms. The second-order valence-electron chi connectivity index (χ2n) is 6.16. The topological polar surface area (TPSA) is 55.1 Å². The molecule has 0 saturated heterocycles. The van der Waals surface area contributed by atoms with Crippen LogP contribution in [0.1, 0.15) is 53.4 Å². The number of amides is 1. The van der Waals surface area contributed by atoms with Crippen molar-refractivity contribution in [3.8, 4) is 0 Å². The van der Waals surface area contributed by atoms with Crippen molar-refractivity contribution in [2.75, 3.05) is 0 Å². The van der Waals surface area contributed by atoms with E-state index in [0.717, 1.165) is 6.42 Å². The van der Waals surface area contributed by atoms with Crippen molar-refractivity contribution in [3.63, 3.8) is 0 Å². The second-order valence-corrected chi connectivity index (χ2v) is 6.16. The molecular formula is C13H27ClN2O. The van der Waals surface area contributed by atoms with Crippen molar-refractivity contribution in [2.24, 2.45) is 17.1 Å². The highest BCUT2D eigenvalue weighted by Gasteiger charge is 2.35. The number of nitrogens with two attached hydrogens (primary N) is 1. The lowest BCUT2D eigenvalue weighted by Crippen LogP contribution is -2.50. The molecule has 3 atom stereocenters. The molecule has 0 radical (unpaired) electrons. The van der Waals surface area contributed by atoms with E-state index in [1.54, 1.807) is 6.92 Å². The maximum atomic E-state index is 11.6. The quantitative estimate of drug-likeness (QED) is 0.803. The molecule has 4 heteroatoms. The lowest BCUT2D eigenvalue weighted by molar-refractivity contribution is -0.123. The van der Waals surface area contributed by atoms with Gasteiger partial charge in [-0.15, -0.1) is 12.4 Å². The molecule has 17 heavy (non-hydrogen) atoms. The van der Waals surface area contributed by atoms with Crippen LogP contribution < -0.4 is 11.1 Å². The molecule has 102 valence electrons. The minimum Gasteiger partial charge on any atom is -0.352 e. The summed E-state index contributed by atoms with van der Waals surface area (Å²) in [5, 5.41) is 3.11. The first-order valence-corrected chi connectivity index (χ1v) is 6.38. The van der Waals surface area contributed by atoms with Gasteiger partial charge in [-0.25, -0.2) is 0 Å². The Kier molecular flexibility index (Phi) is 6.49. The average Bonchev–Trinajstić information content (AvgIpc) is 2.16. The van der Waals surface area contributed by atoms with Gasteiger partial charge in [-0.3, -0.25) is 4.79 Å². The maximum Gasteiger partial charge on any atom is 0.236 e. The summed E-state index contributed by atoms with van der Waals surface area (Å²) in [6, 6.07) is -0.0882. The van der Waals surface area contributed by atoms with Crippen LogP contribution in [0.4, 0.5) is 0 Å². The monoisotopic (exact) mass is 262 g/mol. The number of nitrogens with one attached hydrogen (secondary N) is 1. The summed E-state index contributed by atoms with van der Waals surface area (Å²) in [7, 11) is 0. The number of carbonyl (C=O) groups is 1. The molecule has 1 rings (SSSR count). The van der Waals surface area contributed by atoms with Crippen LogP contribution in [0.3, 0.4) is 0 Å². The Balaban J connectivity index is 0.00000256. The van der Waals surface area contributed by atoms with Crippen LogP contribution in [0.25, 0.3) is 0 Å². The van der Waals surface area contributed by atoms with Crippen molar-refractivity contribution in [1.29, 1.82) is 0 Å². The smallest absolute Gasteiger partial charge is 0.236 e. The number of hydrogen-bond acceptors (Lipinski definition) is 2. The third-order valence-electron chi connectivity index (χ3n) is 3.62. The van der Waals surface area contributed by atoms with Crippen LogP contribution in [0.5, 0.6) is 0 Å². The third-order valence-corrected chi connectivity index (χ3v) is 3.62. The largest absolute Gasteiger partial charge is 0.352 e. The molecule has 3 unspecified atom stereocenters. The van der Waals surface area contributed by atoms with Gasteiger partial charge in [0, 0.05) is 6.04 Å². The highest BCUT2D eigenvalue weighted by atomic mass is 35.5. The van der Waals surface area contributed by atoms with Crippen LogP contribution in [-0.4, -0.2) is 18.0 Å². The fourth-order valence-corrected chi connectivity index (χ4v) is 2.65. The summed E-state index contributed by atoms with van der Waals surface area (Å²) < 4.78 is 0. The van der Waals surface area contributed by atoms with Gasteiger partial charge in [0.05, 0.1) is 6.04 Å². The molecule has 0 aliphatic heterocycles. The first kappa shape index (κ1) is 16.7. The first-order valence-electron chi connectivity index (χ1n) is 6.38. The normalized spacial score (nSPS) is 26.9. The molecule has 1 aliphatic rings. The maximum absolute atomic E-state index is 11.6. The molecule has 1 fully saturated rings. The Labute approximate surface area is 111 Å². The van der Waals surface area contributed by atoms with Gasteiger partial charge in [0.1, 0.15) is 0 Å². The lowest BCUT2D eigenvalue weighted by Gasteiger charge is -2.41. The summed E-state index contributed by atoms with van der Waals surface area (Å²) in [5.41, 5.74) is 5.86. The van der Waals surface area contributed by atoms with E-state index in [4.69, 9.17) is 5.73 Å². The molecule has 0 aromatic heterocycles. The van der Waals surface area contributed by atoms with Crippen LogP contribution in [0.15, 0.2) is 0 Å². The van der Waals surface area contributed by atoms with E-state index >= 15 is 0 Å². The van der Waals surface area contributed by atoms with Gasteiger partial charge in [0.25, 0.3) is 0 Å². The van der Waals surface area contributed by atoms with E-state index < -0.39 is 6.04 Å². The van der Waals surface area contributed by atoms with Crippen molar-refractivity contribution < 1.29 is 4.79 Å². The minimum absolute atomic E-state index is 0. The molecule has 1 saturated carbocycles. The average molecular weight is 263 g/mol. The van der Waals surface area contributed by atoms with E-state index in [1.165, 1.54) is 19.3 Å². The van der Waals surface area contributed by atoms with E-state index in [0.29, 0.717) is 12.0 Å². The molecule has 1 amide bonds. The third kappa shape index (κ3) is 4.84.